The molecule has 0 amide bonds. The van der Waals surface area contributed by atoms with E-state index in [4.69, 9.17) is 10.5 Å². The van der Waals surface area contributed by atoms with Crippen LogP contribution in [-0.2, 0) is 11.3 Å². The monoisotopic (exact) mass is 270 g/mol. The summed E-state index contributed by atoms with van der Waals surface area (Å²) < 4.78 is 5.74. The highest BCUT2D eigenvalue weighted by atomic mass is 16.5. The fourth-order valence-electron chi connectivity index (χ4n) is 3.01. The van der Waals surface area contributed by atoms with E-state index in [9.17, 15) is 0 Å². The number of hydrogen-bond acceptors (Lipinski definition) is 3. The summed E-state index contributed by atoms with van der Waals surface area (Å²) in [5.74, 6) is 0. The van der Waals surface area contributed by atoms with E-state index < -0.39 is 0 Å². The molecule has 3 rings (SSSR count). The van der Waals surface area contributed by atoms with E-state index in [-0.39, 0.29) is 6.10 Å². The van der Waals surface area contributed by atoms with Gasteiger partial charge in [-0.3, -0.25) is 0 Å². The van der Waals surface area contributed by atoms with Gasteiger partial charge in [-0.2, -0.15) is 0 Å². The normalized spacial score (nSPS) is 23.2. The zero-order chi connectivity index (χ0) is 14.1. The Balaban J connectivity index is 2.12. The molecule has 2 N–H and O–H groups in total. The third-order valence-electron chi connectivity index (χ3n) is 4.13. The Morgan fingerprint density at radius 1 is 1.15 bits per heavy atom. The van der Waals surface area contributed by atoms with Crippen LogP contribution < -0.4 is 10.6 Å². The second kappa shape index (κ2) is 5.43. The lowest BCUT2D eigenvalue weighted by molar-refractivity contribution is 0.0345. The molecule has 1 aliphatic rings. The first-order chi connectivity index (χ1) is 9.70. The van der Waals surface area contributed by atoms with Crippen LogP contribution in [0.5, 0.6) is 0 Å². The van der Waals surface area contributed by atoms with Crippen molar-refractivity contribution < 1.29 is 4.74 Å². The lowest BCUT2D eigenvalue weighted by Gasteiger charge is -2.39. The van der Waals surface area contributed by atoms with Crippen molar-refractivity contribution in [2.24, 2.45) is 5.73 Å². The van der Waals surface area contributed by atoms with Gasteiger partial charge in [-0.1, -0.05) is 30.3 Å². The maximum absolute atomic E-state index is 5.86. The van der Waals surface area contributed by atoms with Gasteiger partial charge in [0.25, 0.3) is 0 Å². The number of nitrogens with zero attached hydrogens (tertiary/aromatic N) is 1. The van der Waals surface area contributed by atoms with Gasteiger partial charge in [0, 0.05) is 30.2 Å². The molecule has 20 heavy (non-hydrogen) atoms. The molecular formula is C17H22N2O. The Hall–Kier alpha value is -1.58. The van der Waals surface area contributed by atoms with Crippen molar-refractivity contribution in [2.75, 3.05) is 18.1 Å². The lowest BCUT2D eigenvalue weighted by Crippen LogP contribution is -2.47. The van der Waals surface area contributed by atoms with Crippen LogP contribution in [0.1, 0.15) is 19.4 Å². The minimum absolute atomic E-state index is 0.277. The Kier molecular flexibility index (Phi) is 3.64. The van der Waals surface area contributed by atoms with Crippen LogP contribution in [0.4, 0.5) is 5.69 Å². The largest absolute Gasteiger partial charge is 0.375 e. The number of ether oxygens (including phenoxy) is 1. The standard InChI is InChI=1S/C17H22N2O/c1-12-11-20-13(2)10-19(12)17-8-7-14(9-18)15-5-3-4-6-16(15)17/h3-8,12-13H,9-11,18H2,1-2H3. The van der Waals surface area contributed by atoms with Crippen LogP contribution in [0.2, 0.25) is 0 Å². The number of benzene rings is 2. The van der Waals surface area contributed by atoms with E-state index in [0.717, 1.165) is 13.2 Å². The molecule has 1 aliphatic heterocycles. The van der Waals surface area contributed by atoms with Crippen molar-refractivity contribution in [2.45, 2.75) is 32.5 Å². The van der Waals surface area contributed by atoms with Gasteiger partial charge in [0.15, 0.2) is 0 Å². The molecule has 0 bridgehead atoms. The Labute approximate surface area is 120 Å². The van der Waals surface area contributed by atoms with Crippen molar-refractivity contribution >= 4 is 16.5 Å². The predicted octanol–water partition coefficient (Wildman–Crippen LogP) is 2.91. The Bertz CT molecular complexity index is 611. The van der Waals surface area contributed by atoms with Gasteiger partial charge < -0.3 is 15.4 Å². The van der Waals surface area contributed by atoms with Gasteiger partial charge in [0.1, 0.15) is 0 Å². The molecule has 3 nitrogen and oxygen atoms in total. The van der Waals surface area contributed by atoms with Gasteiger partial charge in [-0.15, -0.1) is 0 Å². The highest BCUT2D eigenvalue weighted by molar-refractivity contribution is 5.96. The fourth-order valence-corrected chi connectivity index (χ4v) is 3.01. The highest BCUT2D eigenvalue weighted by Crippen LogP contribution is 2.32. The fraction of sp³-hybridized carbons (Fsp3) is 0.412. The first-order valence-corrected chi connectivity index (χ1v) is 7.29. The topological polar surface area (TPSA) is 38.5 Å². The quantitative estimate of drug-likeness (QED) is 0.912. The summed E-state index contributed by atoms with van der Waals surface area (Å²) in [6, 6.07) is 13.3. The van der Waals surface area contributed by atoms with Crippen LogP contribution >= 0.6 is 0 Å². The number of nitrogens with two attached hydrogens (primary N) is 1. The van der Waals surface area contributed by atoms with Crippen molar-refractivity contribution in [1.29, 1.82) is 0 Å². The molecule has 3 heteroatoms. The van der Waals surface area contributed by atoms with E-state index in [1.165, 1.54) is 22.0 Å². The minimum atomic E-state index is 0.277. The number of morpholine rings is 1. The summed E-state index contributed by atoms with van der Waals surface area (Å²) in [6.07, 6.45) is 0.277. The second-order valence-electron chi connectivity index (χ2n) is 5.64. The van der Waals surface area contributed by atoms with E-state index in [1.807, 2.05) is 0 Å². The summed E-state index contributed by atoms with van der Waals surface area (Å²) >= 11 is 0. The first kappa shape index (κ1) is 13.4. The third kappa shape index (κ3) is 2.28. The molecule has 0 aromatic heterocycles. The summed E-state index contributed by atoms with van der Waals surface area (Å²) in [6.45, 7) is 6.66. The summed E-state index contributed by atoms with van der Waals surface area (Å²) in [5, 5.41) is 2.55. The van der Waals surface area contributed by atoms with Crippen molar-refractivity contribution in [3.05, 3.63) is 42.0 Å². The highest BCUT2D eigenvalue weighted by Gasteiger charge is 2.24. The predicted molar refractivity (Wildman–Crippen MR) is 84.1 cm³/mol. The van der Waals surface area contributed by atoms with E-state index >= 15 is 0 Å². The van der Waals surface area contributed by atoms with Crippen LogP contribution in [-0.4, -0.2) is 25.3 Å². The van der Waals surface area contributed by atoms with E-state index in [2.05, 4.69) is 55.1 Å². The molecule has 0 aliphatic carbocycles. The molecule has 0 spiro atoms. The van der Waals surface area contributed by atoms with Gasteiger partial charge in [0.05, 0.1) is 12.7 Å². The van der Waals surface area contributed by atoms with Crippen molar-refractivity contribution in [3.63, 3.8) is 0 Å². The summed E-state index contributed by atoms with van der Waals surface area (Å²) in [5.41, 5.74) is 8.36. The summed E-state index contributed by atoms with van der Waals surface area (Å²) in [4.78, 5) is 2.46. The second-order valence-corrected chi connectivity index (χ2v) is 5.64. The number of fused-ring (bicyclic) bond motifs is 1. The SMILES string of the molecule is CC1CN(c2ccc(CN)c3ccccc23)C(C)CO1. The maximum Gasteiger partial charge on any atom is 0.0723 e. The van der Waals surface area contributed by atoms with E-state index in [1.54, 1.807) is 0 Å². The van der Waals surface area contributed by atoms with Crippen LogP contribution in [0, 0.1) is 0 Å². The molecule has 1 fully saturated rings. The molecule has 2 atom stereocenters. The molecule has 106 valence electrons. The Morgan fingerprint density at radius 2 is 1.90 bits per heavy atom. The number of rotatable bonds is 2. The average molecular weight is 270 g/mol. The van der Waals surface area contributed by atoms with Gasteiger partial charge in [-0.05, 0) is 30.9 Å². The van der Waals surface area contributed by atoms with Crippen LogP contribution in [0.15, 0.2) is 36.4 Å². The number of anilines is 1. The third-order valence-corrected chi connectivity index (χ3v) is 4.13. The molecule has 0 radical (unpaired) electrons. The molecule has 1 saturated heterocycles. The lowest BCUT2D eigenvalue weighted by atomic mass is 10.0. The van der Waals surface area contributed by atoms with Gasteiger partial charge >= 0.3 is 0 Å². The van der Waals surface area contributed by atoms with Gasteiger partial charge in [0.2, 0.25) is 0 Å². The van der Waals surface area contributed by atoms with Crippen LogP contribution in [0.25, 0.3) is 10.8 Å². The van der Waals surface area contributed by atoms with Gasteiger partial charge in [-0.25, -0.2) is 0 Å². The van der Waals surface area contributed by atoms with Crippen LogP contribution in [0.3, 0.4) is 0 Å². The van der Waals surface area contributed by atoms with Crippen molar-refractivity contribution in [1.82, 2.24) is 0 Å². The maximum atomic E-state index is 5.86. The molecular weight excluding hydrogens is 248 g/mol. The Morgan fingerprint density at radius 3 is 2.65 bits per heavy atom. The zero-order valence-electron chi connectivity index (χ0n) is 12.2. The number of hydrogen-bond donors (Lipinski definition) is 1. The molecule has 1 heterocycles. The molecule has 2 aromatic rings. The van der Waals surface area contributed by atoms with Crippen molar-refractivity contribution in [3.8, 4) is 0 Å². The molecule has 2 aromatic carbocycles. The zero-order valence-corrected chi connectivity index (χ0v) is 12.2. The smallest absolute Gasteiger partial charge is 0.0723 e. The molecule has 0 saturated carbocycles. The minimum Gasteiger partial charge on any atom is -0.375 e. The molecule has 2 unspecified atom stereocenters. The first-order valence-electron chi connectivity index (χ1n) is 7.29. The summed E-state index contributed by atoms with van der Waals surface area (Å²) in [7, 11) is 0. The van der Waals surface area contributed by atoms with E-state index in [0.29, 0.717) is 12.6 Å². The average Bonchev–Trinajstić information content (AvgIpc) is 2.49.